The molecule has 0 aliphatic carbocycles. The lowest BCUT2D eigenvalue weighted by atomic mass is 10.0. The Bertz CT molecular complexity index is 1370. The minimum atomic E-state index is -1.15. The van der Waals surface area contributed by atoms with Gasteiger partial charge in [0.2, 0.25) is 6.10 Å². The lowest BCUT2D eigenvalue weighted by Gasteiger charge is -2.35. The van der Waals surface area contributed by atoms with Crippen molar-refractivity contribution in [2.75, 3.05) is 29.9 Å². The molecule has 0 aromatic heterocycles. The lowest BCUT2D eigenvalue weighted by Crippen LogP contribution is -2.45. The molecule has 0 saturated heterocycles. The molecule has 41 heavy (non-hydrogen) atoms. The van der Waals surface area contributed by atoms with E-state index in [2.05, 4.69) is 17.4 Å². The number of para-hydroxylation sites is 1. The molecule has 1 heterocycles. The van der Waals surface area contributed by atoms with Gasteiger partial charge >= 0.3 is 11.9 Å². The molecule has 3 aromatic rings. The molecule has 3 N–H and O–H groups in total. The van der Waals surface area contributed by atoms with Gasteiger partial charge in [-0.1, -0.05) is 36.4 Å². The number of carbonyl (C=O) groups excluding carboxylic acids is 1. The van der Waals surface area contributed by atoms with Crippen LogP contribution in [0.15, 0.2) is 60.7 Å². The van der Waals surface area contributed by atoms with Gasteiger partial charge in [0.1, 0.15) is 5.75 Å². The lowest BCUT2D eigenvalue weighted by molar-refractivity contribution is -0.145. The van der Waals surface area contributed by atoms with Gasteiger partial charge in [0.05, 0.1) is 24.5 Å². The molecule has 0 saturated carbocycles. The second kappa shape index (κ2) is 13.7. The summed E-state index contributed by atoms with van der Waals surface area (Å²) in [6, 6.07) is 19.2. The highest BCUT2D eigenvalue weighted by atomic mass is 16.5. The summed E-state index contributed by atoms with van der Waals surface area (Å²) in [5.74, 6) is -1.44. The summed E-state index contributed by atoms with van der Waals surface area (Å²) in [7, 11) is 0. The van der Waals surface area contributed by atoms with E-state index >= 15 is 0 Å². The number of benzene rings is 3. The molecule has 1 amide bonds. The third-order valence-electron chi connectivity index (χ3n) is 7.03. The van der Waals surface area contributed by atoms with E-state index in [1.165, 1.54) is 5.56 Å². The molecule has 1 unspecified atom stereocenters. The molecule has 216 valence electrons. The Labute approximate surface area is 239 Å². The van der Waals surface area contributed by atoms with Crippen molar-refractivity contribution >= 4 is 29.2 Å². The molecule has 0 spiro atoms. The quantitative estimate of drug-likeness (QED) is 0.235. The van der Waals surface area contributed by atoms with Crippen LogP contribution < -0.4 is 19.7 Å². The first-order valence-electron chi connectivity index (χ1n) is 13.8. The molecule has 4 rings (SSSR count). The smallest absolute Gasteiger partial charge is 0.346 e. The Kier molecular flexibility index (Phi) is 9.84. The van der Waals surface area contributed by atoms with Crippen molar-refractivity contribution in [3.8, 4) is 11.5 Å². The number of aliphatic carboxylic acids is 2. The number of fused-ring (bicyclic) bond motifs is 1. The molecule has 1 aliphatic rings. The number of carbonyl (C=O) groups is 3. The zero-order valence-electron chi connectivity index (χ0n) is 23.4. The topological polar surface area (TPSA) is 125 Å². The number of unbranched alkanes of at least 4 members (excludes halogenated alkanes) is 1. The van der Waals surface area contributed by atoms with E-state index in [9.17, 15) is 19.5 Å². The molecular formula is C32H36N2O7. The first kappa shape index (κ1) is 29.5. The van der Waals surface area contributed by atoms with Crippen LogP contribution in [0, 0.1) is 13.8 Å². The maximum absolute atomic E-state index is 13.4. The Morgan fingerprint density at radius 1 is 0.976 bits per heavy atom. The van der Waals surface area contributed by atoms with Crippen LogP contribution in [0.3, 0.4) is 0 Å². The predicted octanol–water partition coefficient (Wildman–Crippen LogP) is 5.47. The van der Waals surface area contributed by atoms with Crippen molar-refractivity contribution in [1.82, 2.24) is 0 Å². The number of rotatable bonds is 13. The summed E-state index contributed by atoms with van der Waals surface area (Å²) in [6.07, 6.45) is 2.09. The molecule has 0 bridgehead atoms. The van der Waals surface area contributed by atoms with Crippen LogP contribution in [0.2, 0.25) is 0 Å². The first-order valence-corrected chi connectivity index (χ1v) is 13.8. The van der Waals surface area contributed by atoms with Gasteiger partial charge in [-0.05, 0) is 80.5 Å². The standard InChI is InChI=1S/C32H36N2O7/c1-21-18-24(40-17-7-6-12-23-10-4-3-5-11-23)19-22(2)29(21)31(37)33-25-13-8-14-26-30(25)41-27(32(38)39)20-34(26)16-9-15-28(35)36/h3-5,8,10-11,13-14,18-19,27H,6-7,9,12,15-17,20H2,1-2H3,(H,33,37)(H,35,36)(H,38,39). The van der Waals surface area contributed by atoms with Crippen molar-refractivity contribution < 1.29 is 34.1 Å². The molecular weight excluding hydrogens is 524 g/mol. The van der Waals surface area contributed by atoms with Gasteiger partial charge < -0.3 is 29.9 Å². The van der Waals surface area contributed by atoms with Gasteiger partial charge in [-0.2, -0.15) is 0 Å². The van der Waals surface area contributed by atoms with E-state index in [1.807, 2.05) is 44.2 Å². The number of anilines is 2. The van der Waals surface area contributed by atoms with Crippen molar-refractivity contribution in [2.24, 2.45) is 0 Å². The fraction of sp³-hybridized carbons (Fsp3) is 0.344. The molecule has 0 radical (unpaired) electrons. The van der Waals surface area contributed by atoms with E-state index in [0.717, 1.165) is 30.4 Å². The number of nitrogens with zero attached hydrogens (tertiary/aromatic N) is 1. The van der Waals surface area contributed by atoms with Crippen molar-refractivity contribution in [1.29, 1.82) is 0 Å². The van der Waals surface area contributed by atoms with E-state index in [-0.39, 0.29) is 24.6 Å². The summed E-state index contributed by atoms with van der Waals surface area (Å²) >= 11 is 0. The molecule has 1 aliphatic heterocycles. The Hall–Kier alpha value is -4.53. The first-order chi connectivity index (χ1) is 19.7. The van der Waals surface area contributed by atoms with Crippen LogP contribution >= 0.6 is 0 Å². The molecule has 9 heteroatoms. The molecule has 1 atom stereocenters. The monoisotopic (exact) mass is 560 g/mol. The van der Waals surface area contributed by atoms with Gasteiger partial charge in [-0.3, -0.25) is 9.59 Å². The third kappa shape index (κ3) is 7.78. The average Bonchev–Trinajstić information content (AvgIpc) is 2.93. The van der Waals surface area contributed by atoms with E-state index < -0.39 is 18.0 Å². The molecule has 3 aromatic carbocycles. The maximum atomic E-state index is 13.4. The van der Waals surface area contributed by atoms with Crippen molar-refractivity contribution in [2.45, 2.75) is 52.1 Å². The number of hydrogen-bond acceptors (Lipinski definition) is 6. The van der Waals surface area contributed by atoms with Crippen LogP contribution in [0.1, 0.15) is 52.7 Å². The zero-order chi connectivity index (χ0) is 29.4. The number of amides is 1. The summed E-state index contributed by atoms with van der Waals surface area (Å²) in [5, 5.41) is 21.5. The van der Waals surface area contributed by atoms with Crippen molar-refractivity contribution in [3.05, 3.63) is 82.9 Å². The normalized spacial score (nSPS) is 14.1. The highest BCUT2D eigenvalue weighted by Gasteiger charge is 2.32. The van der Waals surface area contributed by atoms with Crippen molar-refractivity contribution in [3.63, 3.8) is 0 Å². The third-order valence-corrected chi connectivity index (χ3v) is 7.03. The van der Waals surface area contributed by atoms with E-state index in [4.69, 9.17) is 14.6 Å². The predicted molar refractivity (Wildman–Crippen MR) is 156 cm³/mol. The number of carboxylic acids is 2. The zero-order valence-corrected chi connectivity index (χ0v) is 23.4. The largest absolute Gasteiger partial charge is 0.494 e. The fourth-order valence-electron chi connectivity index (χ4n) is 5.05. The summed E-state index contributed by atoms with van der Waals surface area (Å²) in [4.78, 5) is 38.0. The summed E-state index contributed by atoms with van der Waals surface area (Å²) in [6.45, 7) is 4.71. The minimum Gasteiger partial charge on any atom is -0.494 e. The van der Waals surface area contributed by atoms with Crippen LogP contribution in [-0.4, -0.2) is 53.9 Å². The number of ether oxygens (including phenoxy) is 2. The fourth-order valence-corrected chi connectivity index (χ4v) is 5.05. The van der Waals surface area contributed by atoms with Gasteiger partial charge in [0.15, 0.2) is 5.75 Å². The molecule has 9 nitrogen and oxygen atoms in total. The van der Waals surface area contributed by atoms with Crippen LogP contribution in [0.4, 0.5) is 11.4 Å². The van der Waals surface area contributed by atoms with Gasteiger partial charge in [0.25, 0.3) is 5.91 Å². The highest BCUT2D eigenvalue weighted by molar-refractivity contribution is 6.07. The summed E-state index contributed by atoms with van der Waals surface area (Å²) in [5.41, 5.74) is 4.28. The van der Waals surface area contributed by atoms with Crippen LogP contribution in [0.5, 0.6) is 11.5 Å². The Morgan fingerprint density at radius 2 is 1.71 bits per heavy atom. The van der Waals surface area contributed by atoms with Gasteiger partial charge in [-0.25, -0.2) is 4.79 Å². The maximum Gasteiger partial charge on any atom is 0.346 e. The van der Waals surface area contributed by atoms with E-state index in [0.29, 0.717) is 42.3 Å². The summed E-state index contributed by atoms with van der Waals surface area (Å²) < 4.78 is 11.8. The average molecular weight is 561 g/mol. The number of nitrogens with one attached hydrogen (secondary N) is 1. The molecule has 0 fully saturated rings. The second-order valence-corrected chi connectivity index (χ2v) is 10.2. The number of hydrogen-bond donors (Lipinski definition) is 3. The van der Waals surface area contributed by atoms with Crippen LogP contribution in [-0.2, 0) is 16.0 Å². The second-order valence-electron chi connectivity index (χ2n) is 10.2. The van der Waals surface area contributed by atoms with Gasteiger partial charge in [0, 0.05) is 18.5 Å². The Morgan fingerprint density at radius 3 is 2.39 bits per heavy atom. The highest BCUT2D eigenvalue weighted by Crippen LogP contribution is 2.40. The van der Waals surface area contributed by atoms with E-state index in [1.54, 1.807) is 23.1 Å². The number of carboxylic acid groups (broad SMARTS) is 2. The number of aryl methyl sites for hydroxylation is 3. The SMILES string of the molecule is Cc1cc(OCCCCc2ccccc2)cc(C)c1C(=O)Nc1cccc2c1OC(C(=O)O)CN2CCCC(=O)O. The Balaban J connectivity index is 1.43. The van der Waals surface area contributed by atoms with Gasteiger partial charge in [-0.15, -0.1) is 0 Å². The van der Waals surface area contributed by atoms with Crippen LogP contribution in [0.25, 0.3) is 0 Å². The minimum absolute atomic E-state index is 0.0349.